The number of nitrogens with zero attached hydrogens (tertiary/aromatic N) is 2. The zero-order valence-electron chi connectivity index (χ0n) is 10.4. The Kier molecular flexibility index (Phi) is 3.96. The molecule has 6 nitrogen and oxygen atoms in total. The molecule has 0 radical (unpaired) electrons. The van der Waals surface area contributed by atoms with Gasteiger partial charge in [0.1, 0.15) is 5.82 Å². The Labute approximate surface area is 114 Å². The first-order valence-electron chi connectivity index (χ1n) is 5.82. The number of hydrogen-bond acceptors (Lipinski definition) is 6. The topological polar surface area (TPSA) is 94.1 Å². The molecule has 7 heteroatoms. The van der Waals surface area contributed by atoms with Crippen LogP contribution in [0.25, 0.3) is 0 Å². The number of nitrogen functional groups attached to an aromatic ring is 1. The Balaban J connectivity index is 2.03. The molecule has 0 saturated heterocycles. The highest BCUT2D eigenvalue weighted by Crippen LogP contribution is 2.22. The molecule has 0 atom stereocenters. The number of aromatic nitrogens is 1. The summed E-state index contributed by atoms with van der Waals surface area (Å²) in [6.45, 7) is 2.75. The summed E-state index contributed by atoms with van der Waals surface area (Å²) in [7, 11) is 0. The molecule has 2 rings (SSSR count). The summed E-state index contributed by atoms with van der Waals surface area (Å²) in [5.74, 6) is 0.463. The summed E-state index contributed by atoms with van der Waals surface area (Å²) in [6.07, 6.45) is 1.02. The quantitative estimate of drug-likeness (QED) is 0.648. The van der Waals surface area contributed by atoms with Gasteiger partial charge < -0.3 is 11.1 Å². The van der Waals surface area contributed by atoms with Crippen molar-refractivity contribution >= 4 is 28.7 Å². The third kappa shape index (κ3) is 3.19. The van der Waals surface area contributed by atoms with Gasteiger partial charge in [0, 0.05) is 15.8 Å². The maximum Gasteiger partial charge on any atom is 0.311 e. The summed E-state index contributed by atoms with van der Waals surface area (Å²) < 4.78 is 0. The molecule has 0 unspecified atom stereocenters. The number of rotatable bonds is 5. The van der Waals surface area contributed by atoms with Crippen LogP contribution in [0.15, 0.2) is 24.3 Å². The zero-order valence-corrected chi connectivity index (χ0v) is 11.2. The molecule has 2 aromatic heterocycles. The molecule has 0 fully saturated rings. The van der Waals surface area contributed by atoms with Crippen LogP contribution in [0.2, 0.25) is 0 Å². The van der Waals surface area contributed by atoms with E-state index >= 15 is 0 Å². The van der Waals surface area contributed by atoms with E-state index in [4.69, 9.17) is 5.73 Å². The van der Waals surface area contributed by atoms with Crippen LogP contribution in [0.4, 0.5) is 17.3 Å². The van der Waals surface area contributed by atoms with Crippen molar-refractivity contribution in [2.24, 2.45) is 0 Å². The number of nitro groups is 1. The van der Waals surface area contributed by atoms with E-state index in [1.807, 2.05) is 0 Å². The maximum atomic E-state index is 10.6. The lowest BCUT2D eigenvalue weighted by atomic mass is 10.3. The maximum absolute atomic E-state index is 10.6. The van der Waals surface area contributed by atoms with Crippen molar-refractivity contribution in [2.75, 3.05) is 11.1 Å². The molecule has 0 bridgehead atoms. The molecule has 0 saturated carbocycles. The summed E-state index contributed by atoms with van der Waals surface area (Å²) in [6, 6.07) is 7.07. The SMILES string of the molecule is CCc1ccc(CNc2ccc([N+](=O)[O-])c(N)n2)s1. The molecule has 19 heavy (non-hydrogen) atoms. The minimum Gasteiger partial charge on any atom is -0.378 e. The highest BCUT2D eigenvalue weighted by Gasteiger charge is 2.12. The van der Waals surface area contributed by atoms with Gasteiger partial charge in [0.2, 0.25) is 5.82 Å². The molecule has 2 heterocycles. The lowest BCUT2D eigenvalue weighted by Crippen LogP contribution is -2.04. The van der Waals surface area contributed by atoms with Crippen molar-refractivity contribution in [3.63, 3.8) is 0 Å². The molecule has 0 aromatic carbocycles. The average molecular weight is 278 g/mol. The molecular formula is C12H14N4O2S. The highest BCUT2D eigenvalue weighted by molar-refractivity contribution is 7.12. The van der Waals surface area contributed by atoms with Gasteiger partial charge >= 0.3 is 5.69 Å². The normalized spacial score (nSPS) is 10.4. The first-order valence-corrected chi connectivity index (χ1v) is 6.64. The van der Waals surface area contributed by atoms with Crippen molar-refractivity contribution in [1.82, 2.24) is 4.98 Å². The fourth-order valence-corrected chi connectivity index (χ4v) is 2.50. The molecular weight excluding hydrogens is 264 g/mol. The first kappa shape index (κ1) is 13.3. The van der Waals surface area contributed by atoms with Gasteiger partial charge in [0.05, 0.1) is 11.5 Å². The van der Waals surface area contributed by atoms with Crippen molar-refractivity contribution in [2.45, 2.75) is 19.9 Å². The minimum atomic E-state index is -0.543. The van der Waals surface area contributed by atoms with Crippen LogP contribution in [0.5, 0.6) is 0 Å². The van der Waals surface area contributed by atoms with Crippen LogP contribution in [0.3, 0.4) is 0 Å². The van der Waals surface area contributed by atoms with Crippen LogP contribution in [-0.4, -0.2) is 9.91 Å². The average Bonchev–Trinajstić information content (AvgIpc) is 2.84. The molecule has 0 amide bonds. The Morgan fingerprint density at radius 3 is 2.68 bits per heavy atom. The van der Waals surface area contributed by atoms with E-state index in [1.165, 1.54) is 15.8 Å². The number of nitrogens with two attached hydrogens (primary N) is 1. The van der Waals surface area contributed by atoms with E-state index in [2.05, 4.69) is 29.4 Å². The lowest BCUT2D eigenvalue weighted by molar-refractivity contribution is -0.384. The predicted molar refractivity (Wildman–Crippen MR) is 76.3 cm³/mol. The summed E-state index contributed by atoms with van der Waals surface area (Å²) in [5.41, 5.74) is 5.36. The van der Waals surface area contributed by atoms with Gasteiger partial charge in [-0.05, 0) is 24.6 Å². The van der Waals surface area contributed by atoms with Crippen LogP contribution in [0, 0.1) is 10.1 Å². The molecule has 100 valence electrons. The zero-order chi connectivity index (χ0) is 13.8. The van der Waals surface area contributed by atoms with E-state index in [0.717, 1.165) is 6.42 Å². The number of anilines is 2. The second-order valence-corrected chi connectivity index (χ2v) is 5.19. The van der Waals surface area contributed by atoms with Gasteiger partial charge in [-0.25, -0.2) is 4.98 Å². The molecule has 0 aliphatic carbocycles. The van der Waals surface area contributed by atoms with Crippen LogP contribution in [-0.2, 0) is 13.0 Å². The number of nitrogens with one attached hydrogen (secondary N) is 1. The minimum absolute atomic E-state index is 0.0737. The molecule has 3 N–H and O–H groups in total. The molecule has 0 spiro atoms. The van der Waals surface area contributed by atoms with E-state index in [1.54, 1.807) is 17.4 Å². The van der Waals surface area contributed by atoms with E-state index in [0.29, 0.717) is 12.4 Å². The standard InChI is InChI=1S/C12H14N4O2S/c1-2-8-3-4-9(19-8)7-14-11-6-5-10(16(17)18)12(13)15-11/h3-6H,2,7H2,1H3,(H3,13,14,15). The predicted octanol–water partition coefficient (Wildman–Crippen LogP) is 2.81. The molecule has 0 aliphatic rings. The van der Waals surface area contributed by atoms with Crippen LogP contribution in [0.1, 0.15) is 16.7 Å². The third-order valence-electron chi connectivity index (χ3n) is 2.61. The number of hydrogen-bond donors (Lipinski definition) is 2. The Bertz CT molecular complexity index is 597. The van der Waals surface area contributed by atoms with Gasteiger partial charge in [-0.3, -0.25) is 10.1 Å². The van der Waals surface area contributed by atoms with Crippen LogP contribution >= 0.6 is 11.3 Å². The van der Waals surface area contributed by atoms with Gasteiger partial charge in [-0.15, -0.1) is 11.3 Å². The largest absolute Gasteiger partial charge is 0.378 e. The lowest BCUT2D eigenvalue weighted by Gasteiger charge is -2.04. The monoisotopic (exact) mass is 278 g/mol. The van der Waals surface area contributed by atoms with Crippen molar-refractivity contribution in [3.05, 3.63) is 44.1 Å². The highest BCUT2D eigenvalue weighted by atomic mass is 32.1. The van der Waals surface area contributed by atoms with Crippen molar-refractivity contribution in [1.29, 1.82) is 0 Å². The first-order chi connectivity index (χ1) is 9.10. The van der Waals surface area contributed by atoms with Gasteiger partial charge in [0.25, 0.3) is 0 Å². The number of pyridine rings is 1. The Morgan fingerprint density at radius 2 is 2.11 bits per heavy atom. The smallest absolute Gasteiger partial charge is 0.311 e. The van der Waals surface area contributed by atoms with Crippen molar-refractivity contribution < 1.29 is 4.92 Å². The number of thiophene rings is 1. The molecule has 0 aliphatic heterocycles. The Morgan fingerprint density at radius 1 is 1.37 bits per heavy atom. The fourth-order valence-electron chi connectivity index (χ4n) is 1.61. The van der Waals surface area contributed by atoms with E-state index in [-0.39, 0.29) is 11.5 Å². The van der Waals surface area contributed by atoms with Gasteiger partial charge in [-0.2, -0.15) is 0 Å². The van der Waals surface area contributed by atoms with Crippen molar-refractivity contribution in [3.8, 4) is 0 Å². The third-order valence-corrected chi connectivity index (χ3v) is 3.84. The second-order valence-electron chi connectivity index (χ2n) is 3.93. The van der Waals surface area contributed by atoms with Gasteiger partial charge in [-0.1, -0.05) is 6.92 Å². The van der Waals surface area contributed by atoms with E-state index in [9.17, 15) is 10.1 Å². The number of aryl methyl sites for hydroxylation is 1. The Hall–Kier alpha value is -2.15. The van der Waals surface area contributed by atoms with Gasteiger partial charge in [0.15, 0.2) is 0 Å². The summed E-state index contributed by atoms with van der Waals surface area (Å²) in [5, 5.41) is 13.7. The van der Waals surface area contributed by atoms with E-state index < -0.39 is 4.92 Å². The molecule has 2 aromatic rings. The second kappa shape index (κ2) is 5.66. The summed E-state index contributed by atoms with van der Waals surface area (Å²) in [4.78, 5) is 16.6. The fraction of sp³-hybridized carbons (Fsp3) is 0.250. The van der Waals surface area contributed by atoms with Crippen LogP contribution < -0.4 is 11.1 Å². The summed E-state index contributed by atoms with van der Waals surface area (Å²) >= 11 is 1.73.